The molecule has 16 heavy (non-hydrogen) atoms. The van der Waals surface area contributed by atoms with Gasteiger partial charge in [-0.3, -0.25) is 0 Å². The smallest absolute Gasteiger partial charge is 0.213 e. The number of nitriles is 1. The molecule has 0 radical (unpaired) electrons. The summed E-state index contributed by atoms with van der Waals surface area (Å²) in [5.41, 5.74) is 5.78. The minimum Gasteiger partial charge on any atom is -0.328 e. The Hall–Kier alpha value is -1.64. The van der Waals surface area contributed by atoms with E-state index in [1.807, 2.05) is 4.57 Å². The molecule has 2 heterocycles. The van der Waals surface area contributed by atoms with Crippen LogP contribution in [-0.4, -0.2) is 16.1 Å². The summed E-state index contributed by atoms with van der Waals surface area (Å²) in [5, 5.41) is 8.93. The third kappa shape index (κ3) is 1.85. The first-order valence-corrected chi connectivity index (χ1v) is 5.77. The zero-order valence-electron chi connectivity index (χ0n) is 8.92. The maximum absolute atomic E-state index is 8.93. The lowest BCUT2D eigenvalue weighted by molar-refractivity contribution is 0.597. The Kier molecular flexibility index (Phi) is 3.04. The number of nitrogens with zero attached hydrogens (tertiary/aromatic N) is 3. The van der Waals surface area contributed by atoms with Crippen LogP contribution in [0.15, 0.2) is 24.5 Å². The van der Waals surface area contributed by atoms with Crippen molar-refractivity contribution in [2.75, 3.05) is 6.54 Å². The normalized spacial score (nSPS) is 12.3. The summed E-state index contributed by atoms with van der Waals surface area (Å²) in [4.78, 5) is 6.39. The van der Waals surface area contributed by atoms with Crippen molar-refractivity contribution < 1.29 is 0 Å². The third-order valence-corrected chi connectivity index (χ3v) is 3.52. The quantitative estimate of drug-likeness (QED) is 0.875. The van der Waals surface area contributed by atoms with E-state index in [4.69, 9.17) is 11.0 Å². The number of nitrogens with two attached hydrogens (primary N) is 1. The van der Waals surface area contributed by atoms with Gasteiger partial charge in [0.15, 0.2) is 0 Å². The van der Waals surface area contributed by atoms with E-state index >= 15 is 0 Å². The maximum Gasteiger partial charge on any atom is 0.213 e. The molecule has 2 aromatic heterocycles. The highest BCUT2D eigenvalue weighted by Gasteiger charge is 2.16. The molecule has 5 heteroatoms. The maximum atomic E-state index is 8.93. The van der Waals surface area contributed by atoms with E-state index in [1.54, 1.807) is 23.7 Å². The topological polar surface area (TPSA) is 67.6 Å². The van der Waals surface area contributed by atoms with Gasteiger partial charge in [-0.25, -0.2) is 4.98 Å². The van der Waals surface area contributed by atoms with Crippen LogP contribution in [0.5, 0.6) is 0 Å². The Bertz CT molecular complexity index is 520. The van der Waals surface area contributed by atoms with Gasteiger partial charge in [0.05, 0.1) is 6.04 Å². The number of thiophene rings is 1. The van der Waals surface area contributed by atoms with Crippen LogP contribution in [0.3, 0.4) is 0 Å². The molecule has 0 saturated heterocycles. The Morgan fingerprint density at radius 3 is 3.00 bits per heavy atom. The molecule has 4 nitrogen and oxygen atoms in total. The molecule has 0 aliphatic rings. The first-order chi connectivity index (χ1) is 7.76. The minimum absolute atomic E-state index is 0.0100. The Balaban J connectivity index is 2.41. The van der Waals surface area contributed by atoms with Gasteiger partial charge in [-0.05, 0) is 19.1 Å². The Morgan fingerprint density at radius 2 is 2.44 bits per heavy atom. The van der Waals surface area contributed by atoms with E-state index in [1.165, 1.54) is 4.88 Å². The fraction of sp³-hybridized carbons (Fsp3) is 0.273. The molecular weight excluding hydrogens is 220 g/mol. The van der Waals surface area contributed by atoms with Crippen molar-refractivity contribution in [1.82, 2.24) is 9.55 Å². The largest absolute Gasteiger partial charge is 0.328 e. The van der Waals surface area contributed by atoms with Crippen molar-refractivity contribution in [3.05, 3.63) is 40.1 Å². The van der Waals surface area contributed by atoms with Gasteiger partial charge >= 0.3 is 0 Å². The zero-order valence-corrected chi connectivity index (χ0v) is 9.74. The van der Waals surface area contributed by atoms with E-state index in [0.717, 1.165) is 4.88 Å². The van der Waals surface area contributed by atoms with Crippen LogP contribution in [0.1, 0.15) is 21.6 Å². The van der Waals surface area contributed by atoms with Crippen molar-refractivity contribution in [3.8, 4) is 6.07 Å². The standard InChI is InChI=1S/C11H12N4S/c1-8-2-3-10(16-8)9(6-12)15-5-4-14-11(15)7-13/h2-5,9H,6,12H2,1H3. The second kappa shape index (κ2) is 4.47. The summed E-state index contributed by atoms with van der Waals surface area (Å²) < 4.78 is 1.82. The lowest BCUT2D eigenvalue weighted by atomic mass is 10.2. The number of aryl methyl sites for hydroxylation is 1. The number of rotatable bonds is 3. The van der Waals surface area contributed by atoms with Crippen LogP contribution in [0.25, 0.3) is 0 Å². The Labute approximate surface area is 98.0 Å². The fourth-order valence-corrected chi connectivity index (χ4v) is 2.64. The first-order valence-electron chi connectivity index (χ1n) is 4.95. The molecular formula is C11H12N4S. The van der Waals surface area contributed by atoms with Gasteiger partial charge in [0.2, 0.25) is 5.82 Å². The fourth-order valence-electron chi connectivity index (χ4n) is 1.65. The highest BCUT2D eigenvalue weighted by atomic mass is 32.1. The van der Waals surface area contributed by atoms with Gasteiger partial charge in [-0.1, -0.05) is 0 Å². The lowest BCUT2D eigenvalue weighted by Gasteiger charge is -2.15. The summed E-state index contributed by atoms with van der Waals surface area (Å²) >= 11 is 1.70. The van der Waals surface area contributed by atoms with Gasteiger partial charge in [-0.15, -0.1) is 11.3 Å². The number of hydrogen-bond donors (Lipinski definition) is 1. The summed E-state index contributed by atoms with van der Waals surface area (Å²) in [7, 11) is 0. The molecule has 0 aliphatic heterocycles. The van der Waals surface area contributed by atoms with Crippen LogP contribution in [0.4, 0.5) is 0 Å². The molecule has 0 spiro atoms. The molecule has 0 aromatic carbocycles. The number of imidazole rings is 1. The minimum atomic E-state index is 0.0100. The summed E-state index contributed by atoms with van der Waals surface area (Å²) in [6.45, 7) is 2.52. The average Bonchev–Trinajstić information content (AvgIpc) is 2.89. The van der Waals surface area contributed by atoms with Crippen LogP contribution < -0.4 is 5.73 Å². The molecule has 1 unspecified atom stereocenters. The number of hydrogen-bond acceptors (Lipinski definition) is 4. The molecule has 2 rings (SSSR count). The highest BCUT2D eigenvalue weighted by Crippen LogP contribution is 2.25. The summed E-state index contributed by atoms with van der Waals surface area (Å²) in [6, 6.07) is 6.19. The molecule has 0 amide bonds. The van der Waals surface area contributed by atoms with E-state index in [-0.39, 0.29) is 6.04 Å². The second-order valence-corrected chi connectivity index (χ2v) is 4.79. The molecule has 82 valence electrons. The van der Waals surface area contributed by atoms with Gasteiger partial charge in [0.25, 0.3) is 0 Å². The van der Waals surface area contributed by atoms with Gasteiger partial charge < -0.3 is 10.3 Å². The van der Waals surface area contributed by atoms with E-state index in [2.05, 4.69) is 30.1 Å². The molecule has 1 atom stereocenters. The lowest BCUT2D eigenvalue weighted by Crippen LogP contribution is -2.20. The van der Waals surface area contributed by atoms with E-state index in [9.17, 15) is 0 Å². The Morgan fingerprint density at radius 1 is 1.62 bits per heavy atom. The molecule has 0 bridgehead atoms. The second-order valence-electron chi connectivity index (χ2n) is 3.47. The van der Waals surface area contributed by atoms with Crippen molar-refractivity contribution in [1.29, 1.82) is 5.26 Å². The summed E-state index contributed by atoms with van der Waals surface area (Å²) in [5.74, 6) is 0.404. The molecule has 2 aromatic rings. The SMILES string of the molecule is Cc1ccc(C(CN)n2ccnc2C#N)s1. The molecule has 0 aliphatic carbocycles. The van der Waals surface area contributed by atoms with Gasteiger partial charge in [0.1, 0.15) is 6.07 Å². The first kappa shape index (κ1) is 10.9. The highest BCUT2D eigenvalue weighted by molar-refractivity contribution is 7.12. The third-order valence-electron chi connectivity index (χ3n) is 2.42. The van der Waals surface area contributed by atoms with Crippen LogP contribution >= 0.6 is 11.3 Å². The van der Waals surface area contributed by atoms with Crippen LogP contribution in [0.2, 0.25) is 0 Å². The molecule has 0 saturated carbocycles. The zero-order chi connectivity index (χ0) is 11.5. The average molecular weight is 232 g/mol. The van der Waals surface area contributed by atoms with E-state index in [0.29, 0.717) is 12.4 Å². The summed E-state index contributed by atoms with van der Waals surface area (Å²) in [6.07, 6.45) is 3.42. The molecule has 2 N–H and O–H groups in total. The number of aromatic nitrogens is 2. The van der Waals surface area contributed by atoms with Crippen molar-refractivity contribution in [3.63, 3.8) is 0 Å². The predicted molar refractivity (Wildman–Crippen MR) is 63.2 cm³/mol. The van der Waals surface area contributed by atoms with Crippen LogP contribution in [0, 0.1) is 18.3 Å². The van der Waals surface area contributed by atoms with Crippen molar-refractivity contribution in [2.24, 2.45) is 5.73 Å². The van der Waals surface area contributed by atoms with Crippen molar-refractivity contribution >= 4 is 11.3 Å². The van der Waals surface area contributed by atoms with Gasteiger partial charge in [-0.2, -0.15) is 5.26 Å². The monoisotopic (exact) mass is 232 g/mol. The predicted octanol–water partition coefficient (Wildman–Crippen LogP) is 1.67. The molecule has 0 fully saturated rings. The van der Waals surface area contributed by atoms with Crippen LogP contribution in [-0.2, 0) is 0 Å². The van der Waals surface area contributed by atoms with Crippen molar-refractivity contribution in [2.45, 2.75) is 13.0 Å². The van der Waals surface area contributed by atoms with E-state index < -0.39 is 0 Å². The van der Waals surface area contributed by atoms with Gasteiger partial charge in [0, 0.05) is 28.7 Å².